The molecular formula is C14H11FOS. The van der Waals surface area contributed by atoms with E-state index < -0.39 is 0 Å². The summed E-state index contributed by atoms with van der Waals surface area (Å²) >= 11 is 1.62. The number of carbonyl (C=O) groups is 1. The first-order valence-electron chi connectivity index (χ1n) is 5.20. The molecule has 0 saturated carbocycles. The lowest BCUT2D eigenvalue weighted by atomic mass is 10.2. The van der Waals surface area contributed by atoms with Crippen LogP contribution in [0.25, 0.3) is 0 Å². The van der Waals surface area contributed by atoms with Gasteiger partial charge in [-0.05, 0) is 29.8 Å². The van der Waals surface area contributed by atoms with E-state index in [1.54, 1.807) is 30.0 Å². The Morgan fingerprint density at radius 2 is 1.88 bits per heavy atom. The van der Waals surface area contributed by atoms with Crippen molar-refractivity contribution >= 4 is 18.0 Å². The Morgan fingerprint density at radius 1 is 1.12 bits per heavy atom. The highest BCUT2D eigenvalue weighted by molar-refractivity contribution is 7.98. The minimum Gasteiger partial charge on any atom is -0.298 e. The molecule has 86 valence electrons. The summed E-state index contributed by atoms with van der Waals surface area (Å²) in [7, 11) is 0. The second-order valence-corrected chi connectivity index (χ2v) is 4.65. The smallest absolute Gasteiger partial charge is 0.150 e. The Kier molecular flexibility index (Phi) is 3.94. The summed E-state index contributed by atoms with van der Waals surface area (Å²) in [6, 6.07) is 13.9. The first-order valence-corrected chi connectivity index (χ1v) is 6.19. The van der Waals surface area contributed by atoms with Gasteiger partial charge in [-0.2, -0.15) is 0 Å². The fraction of sp³-hybridized carbons (Fsp3) is 0.0714. The van der Waals surface area contributed by atoms with E-state index in [4.69, 9.17) is 0 Å². The molecule has 0 spiro atoms. The van der Waals surface area contributed by atoms with E-state index in [9.17, 15) is 9.18 Å². The monoisotopic (exact) mass is 246 g/mol. The van der Waals surface area contributed by atoms with Crippen molar-refractivity contribution < 1.29 is 9.18 Å². The van der Waals surface area contributed by atoms with Crippen LogP contribution in [0.1, 0.15) is 15.9 Å². The van der Waals surface area contributed by atoms with Crippen LogP contribution in [0.4, 0.5) is 4.39 Å². The first-order chi connectivity index (χ1) is 8.28. The number of rotatable bonds is 4. The number of halogens is 1. The third-order valence-electron chi connectivity index (χ3n) is 2.31. The zero-order chi connectivity index (χ0) is 12.1. The largest absolute Gasteiger partial charge is 0.298 e. The molecule has 0 aliphatic rings. The first kappa shape index (κ1) is 11.9. The molecule has 0 aliphatic carbocycles. The molecule has 0 amide bonds. The molecule has 17 heavy (non-hydrogen) atoms. The van der Waals surface area contributed by atoms with Gasteiger partial charge in [0.1, 0.15) is 12.1 Å². The number of thioether (sulfide) groups is 1. The molecule has 0 aromatic heterocycles. The van der Waals surface area contributed by atoms with E-state index in [2.05, 4.69) is 0 Å². The number of benzene rings is 2. The van der Waals surface area contributed by atoms with E-state index in [1.807, 2.05) is 18.2 Å². The summed E-state index contributed by atoms with van der Waals surface area (Å²) < 4.78 is 12.9. The van der Waals surface area contributed by atoms with E-state index in [1.165, 1.54) is 12.1 Å². The van der Waals surface area contributed by atoms with E-state index in [0.717, 1.165) is 22.5 Å². The van der Waals surface area contributed by atoms with Crippen LogP contribution in [-0.2, 0) is 5.75 Å². The predicted octanol–water partition coefficient (Wildman–Crippen LogP) is 3.93. The van der Waals surface area contributed by atoms with E-state index in [0.29, 0.717) is 5.56 Å². The van der Waals surface area contributed by atoms with Gasteiger partial charge in [0.15, 0.2) is 0 Å². The number of aldehydes is 1. The number of hydrogen-bond acceptors (Lipinski definition) is 2. The maximum Gasteiger partial charge on any atom is 0.150 e. The fourth-order valence-electron chi connectivity index (χ4n) is 1.44. The van der Waals surface area contributed by atoms with Crippen LogP contribution < -0.4 is 0 Å². The molecule has 0 bridgehead atoms. The van der Waals surface area contributed by atoms with Crippen molar-refractivity contribution in [2.75, 3.05) is 0 Å². The Balaban J connectivity index is 1.99. The summed E-state index contributed by atoms with van der Waals surface area (Å²) in [6.07, 6.45) is 0.820. The molecule has 0 atom stereocenters. The third kappa shape index (κ3) is 3.43. The minimum absolute atomic E-state index is 0.209. The summed E-state index contributed by atoms with van der Waals surface area (Å²) in [5, 5.41) is 0. The molecule has 0 radical (unpaired) electrons. The highest BCUT2D eigenvalue weighted by Crippen LogP contribution is 2.23. The van der Waals surface area contributed by atoms with Crippen LogP contribution in [0, 0.1) is 5.82 Å². The van der Waals surface area contributed by atoms with Gasteiger partial charge in [0.2, 0.25) is 0 Å². The van der Waals surface area contributed by atoms with Crippen LogP contribution in [0.15, 0.2) is 53.4 Å². The van der Waals surface area contributed by atoms with Crippen molar-refractivity contribution in [1.29, 1.82) is 0 Å². The maximum absolute atomic E-state index is 12.9. The molecule has 0 fully saturated rings. The van der Waals surface area contributed by atoms with Crippen LogP contribution in [0.3, 0.4) is 0 Å². The second kappa shape index (κ2) is 5.64. The number of hydrogen-bond donors (Lipinski definition) is 0. The Morgan fingerprint density at radius 3 is 2.53 bits per heavy atom. The molecule has 2 aromatic rings. The molecule has 1 nitrogen and oxygen atoms in total. The van der Waals surface area contributed by atoms with Gasteiger partial charge >= 0.3 is 0 Å². The Bertz CT molecular complexity index is 508. The quantitative estimate of drug-likeness (QED) is 0.600. The van der Waals surface area contributed by atoms with E-state index in [-0.39, 0.29) is 5.82 Å². The standard InChI is InChI=1S/C14H11FOS/c15-13-3-1-2-12(8-13)10-17-14-6-4-11(9-16)5-7-14/h1-9H,10H2. The topological polar surface area (TPSA) is 17.1 Å². The highest BCUT2D eigenvalue weighted by atomic mass is 32.2. The molecule has 0 heterocycles. The van der Waals surface area contributed by atoms with Crippen LogP contribution in [-0.4, -0.2) is 6.29 Å². The lowest BCUT2D eigenvalue weighted by Gasteiger charge is -2.02. The Hall–Kier alpha value is -1.61. The summed E-state index contributed by atoms with van der Waals surface area (Å²) in [5.74, 6) is 0.512. The predicted molar refractivity (Wildman–Crippen MR) is 67.8 cm³/mol. The normalized spacial score (nSPS) is 10.2. The minimum atomic E-state index is -0.209. The summed E-state index contributed by atoms with van der Waals surface area (Å²) in [6.45, 7) is 0. The average molecular weight is 246 g/mol. The van der Waals surface area contributed by atoms with Crippen molar-refractivity contribution in [2.45, 2.75) is 10.6 Å². The van der Waals surface area contributed by atoms with Crippen molar-refractivity contribution in [1.82, 2.24) is 0 Å². The van der Waals surface area contributed by atoms with Crippen molar-refractivity contribution in [3.63, 3.8) is 0 Å². The van der Waals surface area contributed by atoms with Gasteiger partial charge in [-0.1, -0.05) is 24.3 Å². The van der Waals surface area contributed by atoms with Gasteiger partial charge in [0.05, 0.1) is 0 Å². The molecule has 2 aromatic carbocycles. The van der Waals surface area contributed by atoms with Crippen molar-refractivity contribution in [2.24, 2.45) is 0 Å². The molecular weight excluding hydrogens is 235 g/mol. The zero-order valence-corrected chi connectivity index (χ0v) is 9.91. The lowest BCUT2D eigenvalue weighted by Crippen LogP contribution is -1.83. The van der Waals surface area contributed by atoms with Gasteiger partial charge < -0.3 is 0 Å². The van der Waals surface area contributed by atoms with Crippen LogP contribution >= 0.6 is 11.8 Å². The maximum atomic E-state index is 12.9. The van der Waals surface area contributed by atoms with Gasteiger partial charge in [-0.15, -0.1) is 11.8 Å². The zero-order valence-electron chi connectivity index (χ0n) is 9.10. The molecule has 3 heteroatoms. The molecule has 0 aliphatic heterocycles. The highest BCUT2D eigenvalue weighted by Gasteiger charge is 1.98. The molecule has 2 rings (SSSR count). The van der Waals surface area contributed by atoms with Gasteiger partial charge in [-0.3, -0.25) is 4.79 Å². The molecule has 0 unspecified atom stereocenters. The Labute approximate surface area is 104 Å². The number of carbonyl (C=O) groups excluding carboxylic acids is 1. The lowest BCUT2D eigenvalue weighted by molar-refractivity contribution is 0.112. The molecule has 0 saturated heterocycles. The summed E-state index contributed by atoms with van der Waals surface area (Å²) in [5.41, 5.74) is 1.62. The van der Waals surface area contributed by atoms with Gasteiger partial charge in [-0.25, -0.2) is 4.39 Å². The molecule has 0 N–H and O–H groups in total. The van der Waals surface area contributed by atoms with E-state index >= 15 is 0 Å². The SMILES string of the molecule is O=Cc1ccc(SCc2cccc(F)c2)cc1. The second-order valence-electron chi connectivity index (χ2n) is 3.61. The van der Waals surface area contributed by atoms with Crippen LogP contribution in [0.2, 0.25) is 0 Å². The summed E-state index contributed by atoms with van der Waals surface area (Å²) in [4.78, 5) is 11.6. The van der Waals surface area contributed by atoms with Gasteiger partial charge in [0.25, 0.3) is 0 Å². The van der Waals surface area contributed by atoms with Crippen molar-refractivity contribution in [3.05, 3.63) is 65.5 Å². The average Bonchev–Trinajstić information content (AvgIpc) is 2.37. The van der Waals surface area contributed by atoms with Crippen molar-refractivity contribution in [3.8, 4) is 0 Å². The fourth-order valence-corrected chi connectivity index (χ4v) is 2.28. The van der Waals surface area contributed by atoms with Gasteiger partial charge in [0, 0.05) is 16.2 Å². The third-order valence-corrected chi connectivity index (χ3v) is 3.39. The van der Waals surface area contributed by atoms with Crippen LogP contribution in [0.5, 0.6) is 0 Å².